The van der Waals surface area contributed by atoms with Gasteiger partial charge in [0.25, 0.3) is 0 Å². The van der Waals surface area contributed by atoms with E-state index >= 15 is 0 Å². The molecule has 144 valence electrons. The van der Waals surface area contributed by atoms with Crippen LogP contribution in [0.3, 0.4) is 0 Å². The highest BCUT2D eigenvalue weighted by Gasteiger charge is 1.93. The third kappa shape index (κ3) is 5.94. The lowest BCUT2D eigenvalue weighted by atomic mass is 10.1. The van der Waals surface area contributed by atoms with Gasteiger partial charge in [-0.25, -0.2) is 0 Å². The highest BCUT2D eigenvalue weighted by atomic mass is 14.6. The van der Waals surface area contributed by atoms with Gasteiger partial charge in [-0.05, 0) is 74.4 Å². The molecule has 3 heterocycles. The van der Waals surface area contributed by atoms with Crippen molar-refractivity contribution in [1.82, 2.24) is 15.0 Å². The molecule has 2 aromatic carbocycles. The van der Waals surface area contributed by atoms with Crippen LogP contribution in [-0.4, -0.2) is 15.0 Å². The summed E-state index contributed by atoms with van der Waals surface area (Å²) >= 11 is 0. The molecule has 0 atom stereocenters. The first-order valence-corrected chi connectivity index (χ1v) is 9.62. The minimum atomic E-state index is 1.07. The molecular formula is C26H25N3. The van der Waals surface area contributed by atoms with E-state index in [1.165, 1.54) is 27.5 Å². The van der Waals surface area contributed by atoms with Crippen LogP contribution in [0.2, 0.25) is 0 Å². The standard InChI is InChI=1S/2C10H9N.C6H7N/c1-8-4-2-6-10-9(8)5-3-7-11-10;1-8-4-5-10-9(7-8)3-2-6-11-10;1-6-2-4-7-5-3-6/h2*2-7H,1H3;2-5H,1H3. The van der Waals surface area contributed by atoms with Crippen LogP contribution in [0.15, 0.2) is 97.6 Å². The Morgan fingerprint density at radius 3 is 1.97 bits per heavy atom. The molecule has 3 nitrogen and oxygen atoms in total. The number of nitrogens with zero attached hydrogens (tertiary/aromatic N) is 3. The van der Waals surface area contributed by atoms with Gasteiger partial charge >= 0.3 is 0 Å². The maximum atomic E-state index is 4.24. The molecule has 0 aliphatic heterocycles. The smallest absolute Gasteiger partial charge is 0.0704 e. The van der Waals surface area contributed by atoms with Crippen LogP contribution in [0, 0.1) is 20.8 Å². The highest BCUT2D eigenvalue weighted by Crippen LogP contribution is 2.14. The highest BCUT2D eigenvalue weighted by molar-refractivity contribution is 5.81. The Labute approximate surface area is 172 Å². The van der Waals surface area contributed by atoms with Crippen LogP contribution in [-0.2, 0) is 0 Å². The summed E-state index contributed by atoms with van der Waals surface area (Å²) in [4.78, 5) is 12.3. The Hall–Kier alpha value is -3.59. The van der Waals surface area contributed by atoms with Crippen molar-refractivity contribution in [2.45, 2.75) is 20.8 Å². The van der Waals surface area contributed by atoms with Crippen molar-refractivity contribution < 1.29 is 0 Å². The fourth-order valence-corrected chi connectivity index (χ4v) is 2.88. The predicted octanol–water partition coefficient (Wildman–Crippen LogP) is 6.48. The molecular weight excluding hydrogens is 354 g/mol. The fraction of sp³-hybridized carbons (Fsp3) is 0.115. The number of hydrogen-bond donors (Lipinski definition) is 0. The van der Waals surface area contributed by atoms with Gasteiger partial charge in [0, 0.05) is 35.6 Å². The number of pyridine rings is 3. The van der Waals surface area contributed by atoms with Crippen molar-refractivity contribution in [2.75, 3.05) is 0 Å². The maximum absolute atomic E-state index is 4.24. The summed E-state index contributed by atoms with van der Waals surface area (Å²) in [5.41, 5.74) is 5.97. The summed E-state index contributed by atoms with van der Waals surface area (Å²) in [6.07, 6.45) is 7.21. The molecule has 0 fully saturated rings. The topological polar surface area (TPSA) is 38.7 Å². The van der Waals surface area contributed by atoms with Gasteiger partial charge in [0.15, 0.2) is 0 Å². The normalized spacial score (nSPS) is 9.90. The Morgan fingerprint density at radius 1 is 0.552 bits per heavy atom. The lowest BCUT2D eigenvalue weighted by Crippen LogP contribution is -1.79. The molecule has 0 N–H and O–H groups in total. The Kier molecular flexibility index (Phi) is 7.01. The van der Waals surface area contributed by atoms with E-state index in [9.17, 15) is 0 Å². The number of benzene rings is 2. The third-order valence-corrected chi connectivity index (χ3v) is 4.47. The summed E-state index contributed by atoms with van der Waals surface area (Å²) in [5.74, 6) is 0. The lowest BCUT2D eigenvalue weighted by molar-refractivity contribution is 1.29. The van der Waals surface area contributed by atoms with Crippen LogP contribution in [0.4, 0.5) is 0 Å². The molecule has 5 aromatic rings. The molecule has 29 heavy (non-hydrogen) atoms. The van der Waals surface area contributed by atoms with Crippen LogP contribution >= 0.6 is 0 Å². The van der Waals surface area contributed by atoms with Crippen molar-refractivity contribution >= 4 is 21.8 Å². The summed E-state index contributed by atoms with van der Waals surface area (Å²) in [7, 11) is 0. The van der Waals surface area contributed by atoms with E-state index in [-0.39, 0.29) is 0 Å². The zero-order chi connectivity index (χ0) is 20.5. The van der Waals surface area contributed by atoms with E-state index in [2.05, 4.69) is 59.1 Å². The van der Waals surface area contributed by atoms with E-state index in [1.54, 1.807) is 12.4 Å². The molecule has 5 rings (SSSR count). The summed E-state index contributed by atoms with van der Waals surface area (Å²) < 4.78 is 0. The second-order valence-electron chi connectivity index (χ2n) is 6.87. The molecule has 3 aromatic heterocycles. The van der Waals surface area contributed by atoms with Crippen LogP contribution in [0.5, 0.6) is 0 Å². The van der Waals surface area contributed by atoms with E-state index < -0.39 is 0 Å². The first-order chi connectivity index (χ1) is 14.1. The van der Waals surface area contributed by atoms with E-state index in [0.29, 0.717) is 0 Å². The third-order valence-electron chi connectivity index (χ3n) is 4.47. The predicted molar refractivity (Wildman–Crippen MR) is 122 cm³/mol. The SMILES string of the molecule is Cc1ccc2ncccc2c1.Cc1cccc2ncccc12.Cc1ccncc1. The van der Waals surface area contributed by atoms with Gasteiger partial charge in [-0.3, -0.25) is 15.0 Å². The zero-order valence-electron chi connectivity index (χ0n) is 17.1. The van der Waals surface area contributed by atoms with Gasteiger partial charge in [0.2, 0.25) is 0 Å². The largest absolute Gasteiger partial charge is 0.265 e. The van der Waals surface area contributed by atoms with Crippen molar-refractivity contribution in [3.05, 3.63) is 114 Å². The molecule has 0 saturated heterocycles. The molecule has 0 unspecified atom stereocenters. The average molecular weight is 380 g/mol. The van der Waals surface area contributed by atoms with Crippen LogP contribution in [0.25, 0.3) is 21.8 Å². The first kappa shape index (κ1) is 20.2. The van der Waals surface area contributed by atoms with Crippen molar-refractivity contribution in [3.8, 4) is 0 Å². The number of rotatable bonds is 0. The Balaban J connectivity index is 0.000000128. The average Bonchev–Trinajstić information content (AvgIpc) is 2.76. The number of hydrogen-bond acceptors (Lipinski definition) is 3. The maximum Gasteiger partial charge on any atom is 0.0704 e. The van der Waals surface area contributed by atoms with Crippen molar-refractivity contribution in [3.63, 3.8) is 0 Å². The molecule has 0 spiro atoms. The molecule has 0 saturated carbocycles. The summed E-state index contributed by atoms with van der Waals surface area (Å²) in [6, 6.07) is 24.5. The number of aryl methyl sites for hydroxylation is 3. The van der Waals surface area contributed by atoms with E-state index in [0.717, 1.165) is 11.0 Å². The molecule has 3 heteroatoms. The van der Waals surface area contributed by atoms with Gasteiger partial charge in [0.1, 0.15) is 0 Å². The summed E-state index contributed by atoms with van der Waals surface area (Å²) in [6.45, 7) is 6.23. The molecule has 0 aliphatic carbocycles. The number of aromatic nitrogens is 3. The quantitative estimate of drug-likeness (QED) is 0.309. The Morgan fingerprint density at radius 2 is 1.28 bits per heavy atom. The van der Waals surface area contributed by atoms with Crippen LogP contribution < -0.4 is 0 Å². The molecule has 0 radical (unpaired) electrons. The van der Waals surface area contributed by atoms with Gasteiger partial charge in [-0.2, -0.15) is 0 Å². The monoisotopic (exact) mass is 379 g/mol. The fourth-order valence-electron chi connectivity index (χ4n) is 2.88. The zero-order valence-corrected chi connectivity index (χ0v) is 17.1. The van der Waals surface area contributed by atoms with Crippen molar-refractivity contribution in [1.29, 1.82) is 0 Å². The summed E-state index contributed by atoms with van der Waals surface area (Å²) in [5, 5.41) is 2.46. The molecule has 0 bridgehead atoms. The van der Waals surface area contributed by atoms with Crippen LogP contribution in [0.1, 0.15) is 16.7 Å². The van der Waals surface area contributed by atoms with Gasteiger partial charge in [0.05, 0.1) is 11.0 Å². The van der Waals surface area contributed by atoms with Gasteiger partial charge in [-0.1, -0.05) is 35.9 Å². The first-order valence-electron chi connectivity index (χ1n) is 9.62. The number of fused-ring (bicyclic) bond motifs is 2. The van der Waals surface area contributed by atoms with Gasteiger partial charge in [-0.15, -0.1) is 0 Å². The van der Waals surface area contributed by atoms with E-state index in [4.69, 9.17) is 0 Å². The van der Waals surface area contributed by atoms with E-state index in [1.807, 2.05) is 61.8 Å². The molecule has 0 aliphatic rings. The Bertz CT molecular complexity index is 1170. The lowest BCUT2D eigenvalue weighted by Gasteiger charge is -1.97. The van der Waals surface area contributed by atoms with Gasteiger partial charge < -0.3 is 0 Å². The minimum absolute atomic E-state index is 1.07. The minimum Gasteiger partial charge on any atom is -0.265 e. The second kappa shape index (κ2) is 10.1. The second-order valence-corrected chi connectivity index (χ2v) is 6.87. The van der Waals surface area contributed by atoms with Crippen molar-refractivity contribution in [2.24, 2.45) is 0 Å². The molecule has 0 amide bonds.